The minimum absolute atomic E-state index is 0.662. The zero-order valence-electron chi connectivity index (χ0n) is 9.82. The Morgan fingerprint density at radius 1 is 1.12 bits per heavy atom. The molecule has 3 rings (SSSR count). The van der Waals surface area contributed by atoms with Crippen LogP contribution in [0, 0.1) is 0 Å². The summed E-state index contributed by atoms with van der Waals surface area (Å²) in [6.45, 7) is 0. The highest BCUT2D eigenvalue weighted by atomic mass is 15.1. The molecular formula is C14H17N3. The summed E-state index contributed by atoms with van der Waals surface area (Å²) < 4.78 is 0. The van der Waals surface area contributed by atoms with Crippen molar-refractivity contribution in [3.8, 4) is 11.1 Å². The molecule has 88 valence electrons. The van der Waals surface area contributed by atoms with E-state index in [9.17, 15) is 0 Å². The molecule has 1 saturated carbocycles. The molecule has 1 aliphatic carbocycles. The maximum absolute atomic E-state index is 5.92. The summed E-state index contributed by atoms with van der Waals surface area (Å²) in [5.74, 6) is 1.36. The van der Waals surface area contributed by atoms with Crippen LogP contribution in [0.5, 0.6) is 0 Å². The monoisotopic (exact) mass is 227 g/mol. The van der Waals surface area contributed by atoms with Gasteiger partial charge in [-0.1, -0.05) is 37.1 Å². The Morgan fingerprint density at radius 2 is 1.88 bits per heavy atom. The number of nitrogen functional groups attached to an aromatic ring is 1. The van der Waals surface area contributed by atoms with E-state index in [1.807, 2.05) is 6.20 Å². The number of H-pyrrole nitrogens is 1. The van der Waals surface area contributed by atoms with Gasteiger partial charge >= 0.3 is 0 Å². The molecule has 17 heavy (non-hydrogen) atoms. The molecule has 2 aromatic rings. The molecule has 3 heteroatoms. The third kappa shape index (κ3) is 1.82. The van der Waals surface area contributed by atoms with E-state index in [-0.39, 0.29) is 0 Å². The second-order valence-corrected chi connectivity index (χ2v) is 4.77. The molecule has 0 bridgehead atoms. The van der Waals surface area contributed by atoms with E-state index < -0.39 is 0 Å². The van der Waals surface area contributed by atoms with E-state index in [1.54, 1.807) is 0 Å². The first-order valence-electron chi connectivity index (χ1n) is 6.24. The van der Waals surface area contributed by atoms with Gasteiger partial charge in [-0.25, -0.2) is 0 Å². The number of aromatic nitrogens is 2. The Hall–Kier alpha value is -1.77. The fraction of sp³-hybridized carbons (Fsp3) is 0.357. The average molecular weight is 227 g/mol. The highest BCUT2D eigenvalue weighted by Crippen LogP contribution is 2.39. The molecule has 0 amide bonds. The van der Waals surface area contributed by atoms with Crippen LogP contribution in [-0.4, -0.2) is 10.2 Å². The number of nitrogens with two attached hydrogens (primary N) is 1. The summed E-state index contributed by atoms with van der Waals surface area (Å²) in [4.78, 5) is 0. The van der Waals surface area contributed by atoms with Gasteiger partial charge in [-0.05, 0) is 29.9 Å². The van der Waals surface area contributed by atoms with Crippen LogP contribution in [0.25, 0.3) is 11.1 Å². The van der Waals surface area contributed by atoms with Gasteiger partial charge in [-0.3, -0.25) is 5.10 Å². The normalized spacial score (nSPS) is 16.5. The zero-order valence-corrected chi connectivity index (χ0v) is 9.82. The van der Waals surface area contributed by atoms with Gasteiger partial charge in [-0.2, -0.15) is 5.10 Å². The van der Waals surface area contributed by atoms with Crippen molar-refractivity contribution in [1.29, 1.82) is 0 Å². The summed E-state index contributed by atoms with van der Waals surface area (Å²) >= 11 is 0. The smallest absolute Gasteiger partial charge is 0.126 e. The molecule has 1 aliphatic rings. The largest absolute Gasteiger partial charge is 0.384 e. The van der Waals surface area contributed by atoms with Crippen LogP contribution in [0.15, 0.2) is 30.5 Å². The first kappa shape index (κ1) is 10.4. The molecule has 0 unspecified atom stereocenters. The quantitative estimate of drug-likeness (QED) is 0.827. The molecule has 3 nitrogen and oxygen atoms in total. The third-order valence-corrected chi connectivity index (χ3v) is 3.71. The van der Waals surface area contributed by atoms with Crippen molar-refractivity contribution in [3.63, 3.8) is 0 Å². The molecule has 0 aliphatic heterocycles. The van der Waals surface area contributed by atoms with Crippen molar-refractivity contribution >= 4 is 5.82 Å². The zero-order chi connectivity index (χ0) is 11.7. The number of anilines is 1. The van der Waals surface area contributed by atoms with Crippen molar-refractivity contribution in [2.24, 2.45) is 0 Å². The number of benzene rings is 1. The lowest BCUT2D eigenvalue weighted by Crippen LogP contribution is -1.97. The van der Waals surface area contributed by atoms with Crippen LogP contribution in [0.3, 0.4) is 0 Å². The van der Waals surface area contributed by atoms with Gasteiger partial charge in [0.25, 0.3) is 0 Å². The van der Waals surface area contributed by atoms with Crippen molar-refractivity contribution in [2.45, 2.75) is 31.6 Å². The highest BCUT2D eigenvalue weighted by Gasteiger charge is 2.21. The number of nitrogens with one attached hydrogen (secondary N) is 1. The van der Waals surface area contributed by atoms with E-state index in [1.165, 1.54) is 36.8 Å². The minimum atomic E-state index is 0.662. The van der Waals surface area contributed by atoms with Crippen LogP contribution in [0.4, 0.5) is 5.82 Å². The van der Waals surface area contributed by atoms with Crippen molar-refractivity contribution in [1.82, 2.24) is 10.2 Å². The Labute approximate surface area is 101 Å². The van der Waals surface area contributed by atoms with Crippen molar-refractivity contribution < 1.29 is 0 Å². The van der Waals surface area contributed by atoms with Gasteiger partial charge in [-0.15, -0.1) is 0 Å². The highest BCUT2D eigenvalue weighted by molar-refractivity contribution is 5.76. The molecule has 1 fully saturated rings. The number of hydrogen-bond acceptors (Lipinski definition) is 2. The third-order valence-electron chi connectivity index (χ3n) is 3.71. The topological polar surface area (TPSA) is 54.7 Å². The Kier molecular flexibility index (Phi) is 2.59. The average Bonchev–Trinajstić information content (AvgIpc) is 3.00. The summed E-state index contributed by atoms with van der Waals surface area (Å²) in [5.41, 5.74) is 9.63. The second kappa shape index (κ2) is 4.24. The number of hydrogen-bond donors (Lipinski definition) is 2. The van der Waals surface area contributed by atoms with Gasteiger partial charge in [0.2, 0.25) is 0 Å². The number of nitrogens with zero attached hydrogens (tertiary/aromatic N) is 1. The van der Waals surface area contributed by atoms with Crippen LogP contribution >= 0.6 is 0 Å². The molecule has 1 heterocycles. The molecule has 1 aromatic heterocycles. The maximum Gasteiger partial charge on any atom is 0.126 e. The second-order valence-electron chi connectivity index (χ2n) is 4.77. The van der Waals surface area contributed by atoms with Crippen molar-refractivity contribution in [2.75, 3.05) is 5.73 Å². The van der Waals surface area contributed by atoms with Gasteiger partial charge in [0.05, 0.1) is 6.20 Å². The molecule has 0 radical (unpaired) electrons. The Bertz CT molecular complexity index is 510. The summed E-state index contributed by atoms with van der Waals surface area (Å²) in [6, 6.07) is 8.57. The lowest BCUT2D eigenvalue weighted by Gasteiger charge is -2.14. The molecule has 1 aromatic carbocycles. The molecule has 0 saturated heterocycles. The van der Waals surface area contributed by atoms with E-state index in [4.69, 9.17) is 5.73 Å². The van der Waals surface area contributed by atoms with E-state index in [0.29, 0.717) is 11.7 Å². The minimum Gasteiger partial charge on any atom is -0.384 e. The molecule has 3 N–H and O–H groups in total. The van der Waals surface area contributed by atoms with E-state index in [2.05, 4.69) is 34.5 Å². The number of aromatic amines is 1. The van der Waals surface area contributed by atoms with Crippen molar-refractivity contribution in [3.05, 3.63) is 36.0 Å². The van der Waals surface area contributed by atoms with Crippen LogP contribution in [0.2, 0.25) is 0 Å². The van der Waals surface area contributed by atoms with Gasteiger partial charge in [0, 0.05) is 5.56 Å². The van der Waals surface area contributed by atoms with Crippen LogP contribution in [0.1, 0.15) is 37.2 Å². The van der Waals surface area contributed by atoms with E-state index >= 15 is 0 Å². The molecular weight excluding hydrogens is 210 g/mol. The predicted molar refractivity (Wildman–Crippen MR) is 69.6 cm³/mol. The first-order chi connectivity index (χ1) is 8.36. The van der Waals surface area contributed by atoms with Gasteiger partial charge in [0.15, 0.2) is 0 Å². The van der Waals surface area contributed by atoms with E-state index in [0.717, 1.165) is 5.56 Å². The lowest BCUT2D eigenvalue weighted by atomic mass is 9.90. The van der Waals surface area contributed by atoms with Gasteiger partial charge < -0.3 is 5.73 Å². The lowest BCUT2D eigenvalue weighted by molar-refractivity contribution is 0.725. The first-order valence-corrected chi connectivity index (χ1v) is 6.24. The Morgan fingerprint density at radius 3 is 2.59 bits per heavy atom. The SMILES string of the molecule is Nc1[nH]ncc1-c1ccccc1C1CCCC1. The summed E-state index contributed by atoms with van der Waals surface area (Å²) in [6.07, 6.45) is 7.12. The fourth-order valence-corrected chi connectivity index (χ4v) is 2.85. The predicted octanol–water partition coefficient (Wildman–Crippen LogP) is 3.32. The summed E-state index contributed by atoms with van der Waals surface area (Å²) in [7, 11) is 0. The fourth-order valence-electron chi connectivity index (χ4n) is 2.85. The summed E-state index contributed by atoms with van der Waals surface area (Å²) in [5, 5.41) is 6.83. The maximum atomic E-state index is 5.92. The van der Waals surface area contributed by atoms with Crippen LogP contribution in [-0.2, 0) is 0 Å². The molecule has 0 spiro atoms. The number of rotatable bonds is 2. The Balaban J connectivity index is 2.07. The van der Waals surface area contributed by atoms with Gasteiger partial charge in [0.1, 0.15) is 5.82 Å². The molecule has 0 atom stereocenters. The standard InChI is InChI=1S/C14H17N3/c15-14-13(9-16-17-14)12-8-4-3-7-11(12)10-5-1-2-6-10/h3-4,7-10H,1-2,5-6H2,(H3,15,16,17). The van der Waals surface area contributed by atoms with Crippen LogP contribution < -0.4 is 5.73 Å².